The van der Waals surface area contributed by atoms with Crippen molar-refractivity contribution in [1.82, 2.24) is 4.98 Å². The number of ether oxygens (including phenoxy) is 1. The lowest BCUT2D eigenvalue weighted by molar-refractivity contribution is 0.0690. The van der Waals surface area contributed by atoms with Crippen LogP contribution in [0.5, 0.6) is 5.88 Å². The van der Waals surface area contributed by atoms with Crippen molar-refractivity contribution in [3.8, 4) is 5.88 Å². The minimum absolute atomic E-state index is 0.131. The molecule has 0 aliphatic carbocycles. The zero-order valence-corrected chi connectivity index (χ0v) is 9.37. The second-order valence-corrected chi connectivity index (χ2v) is 3.70. The second kappa shape index (κ2) is 4.29. The SMILES string of the molecule is COc1nc(C)cc(C(C)C)c1C(=O)O. The number of methoxy groups -OCH3 is 1. The Kier molecular flexibility index (Phi) is 3.29. The van der Waals surface area contributed by atoms with E-state index in [1.807, 2.05) is 20.8 Å². The molecular weight excluding hydrogens is 194 g/mol. The van der Waals surface area contributed by atoms with E-state index in [-0.39, 0.29) is 17.4 Å². The first kappa shape index (κ1) is 11.5. The highest BCUT2D eigenvalue weighted by Crippen LogP contribution is 2.27. The first-order valence-electron chi connectivity index (χ1n) is 4.76. The summed E-state index contributed by atoms with van der Waals surface area (Å²) in [7, 11) is 1.43. The van der Waals surface area contributed by atoms with E-state index in [2.05, 4.69) is 4.98 Å². The van der Waals surface area contributed by atoms with Crippen molar-refractivity contribution < 1.29 is 14.6 Å². The van der Waals surface area contributed by atoms with Crippen molar-refractivity contribution in [2.45, 2.75) is 26.7 Å². The minimum Gasteiger partial charge on any atom is -0.480 e. The zero-order valence-electron chi connectivity index (χ0n) is 9.37. The first-order valence-corrected chi connectivity index (χ1v) is 4.76. The average molecular weight is 209 g/mol. The molecule has 0 unspecified atom stereocenters. The fraction of sp³-hybridized carbons (Fsp3) is 0.455. The van der Waals surface area contributed by atoms with Gasteiger partial charge in [0.2, 0.25) is 5.88 Å². The van der Waals surface area contributed by atoms with Crippen LogP contribution in [0.25, 0.3) is 0 Å². The van der Waals surface area contributed by atoms with Crippen molar-refractivity contribution in [1.29, 1.82) is 0 Å². The van der Waals surface area contributed by atoms with Crippen molar-refractivity contribution in [3.63, 3.8) is 0 Å². The van der Waals surface area contributed by atoms with Crippen LogP contribution < -0.4 is 4.74 Å². The van der Waals surface area contributed by atoms with Gasteiger partial charge >= 0.3 is 5.97 Å². The number of aromatic nitrogens is 1. The molecule has 0 amide bonds. The largest absolute Gasteiger partial charge is 0.480 e. The molecule has 1 N–H and O–H groups in total. The van der Waals surface area contributed by atoms with Crippen molar-refractivity contribution in [2.75, 3.05) is 7.11 Å². The fourth-order valence-electron chi connectivity index (χ4n) is 1.49. The van der Waals surface area contributed by atoms with Crippen molar-refractivity contribution >= 4 is 5.97 Å². The Bertz CT molecular complexity index is 386. The summed E-state index contributed by atoms with van der Waals surface area (Å²) >= 11 is 0. The number of nitrogens with zero attached hydrogens (tertiary/aromatic N) is 1. The van der Waals surface area contributed by atoms with E-state index < -0.39 is 5.97 Å². The number of rotatable bonds is 3. The Morgan fingerprint density at radius 1 is 1.53 bits per heavy atom. The molecule has 1 aromatic rings. The molecule has 0 bridgehead atoms. The molecule has 0 atom stereocenters. The summed E-state index contributed by atoms with van der Waals surface area (Å²) in [5.41, 5.74) is 1.69. The molecule has 15 heavy (non-hydrogen) atoms. The highest BCUT2D eigenvalue weighted by Gasteiger charge is 2.20. The summed E-state index contributed by atoms with van der Waals surface area (Å²) in [6.07, 6.45) is 0. The lowest BCUT2D eigenvalue weighted by Gasteiger charge is -2.13. The summed E-state index contributed by atoms with van der Waals surface area (Å²) < 4.78 is 4.99. The lowest BCUT2D eigenvalue weighted by atomic mass is 9.98. The highest BCUT2D eigenvalue weighted by atomic mass is 16.5. The van der Waals surface area contributed by atoms with Crippen molar-refractivity contribution in [2.24, 2.45) is 0 Å². The summed E-state index contributed by atoms with van der Waals surface area (Å²) in [6, 6.07) is 1.79. The van der Waals surface area contributed by atoms with Crippen LogP contribution in [0.1, 0.15) is 41.4 Å². The van der Waals surface area contributed by atoms with E-state index in [1.165, 1.54) is 7.11 Å². The van der Waals surface area contributed by atoms with Crippen LogP contribution in [0.4, 0.5) is 0 Å². The van der Waals surface area contributed by atoms with Gasteiger partial charge < -0.3 is 9.84 Å². The molecule has 1 aromatic heterocycles. The third-order valence-electron chi connectivity index (χ3n) is 2.17. The predicted molar refractivity (Wildman–Crippen MR) is 56.6 cm³/mol. The third kappa shape index (κ3) is 2.26. The molecule has 0 saturated heterocycles. The van der Waals surface area contributed by atoms with Gasteiger partial charge in [-0.05, 0) is 24.5 Å². The number of hydrogen-bond acceptors (Lipinski definition) is 3. The van der Waals surface area contributed by atoms with Gasteiger partial charge in [-0.2, -0.15) is 0 Å². The van der Waals surface area contributed by atoms with Crippen LogP contribution >= 0.6 is 0 Å². The Hall–Kier alpha value is -1.58. The average Bonchev–Trinajstić information content (AvgIpc) is 2.15. The molecule has 1 rings (SSSR count). The van der Waals surface area contributed by atoms with Gasteiger partial charge in [-0.15, -0.1) is 0 Å². The number of aromatic carboxylic acids is 1. The molecule has 0 fully saturated rings. The molecule has 0 aromatic carbocycles. The van der Waals surface area contributed by atoms with Gasteiger partial charge in [0.05, 0.1) is 7.11 Å². The monoisotopic (exact) mass is 209 g/mol. The molecule has 0 aliphatic heterocycles. The summed E-state index contributed by atoms with van der Waals surface area (Å²) in [5, 5.41) is 9.10. The zero-order chi connectivity index (χ0) is 11.6. The summed E-state index contributed by atoms with van der Waals surface area (Å²) in [4.78, 5) is 15.2. The third-order valence-corrected chi connectivity index (χ3v) is 2.17. The predicted octanol–water partition coefficient (Wildman–Crippen LogP) is 2.22. The number of hydrogen-bond donors (Lipinski definition) is 1. The lowest BCUT2D eigenvalue weighted by Crippen LogP contribution is -2.09. The Morgan fingerprint density at radius 2 is 2.13 bits per heavy atom. The van der Waals surface area contributed by atoms with Gasteiger partial charge in [0.1, 0.15) is 5.56 Å². The Labute approximate surface area is 88.9 Å². The molecule has 0 radical (unpaired) electrons. The van der Waals surface area contributed by atoms with Gasteiger partial charge in [-0.1, -0.05) is 13.8 Å². The smallest absolute Gasteiger partial charge is 0.341 e. The number of carboxylic acids is 1. The molecule has 4 heteroatoms. The first-order chi connectivity index (χ1) is 6.97. The topological polar surface area (TPSA) is 59.4 Å². The maximum Gasteiger partial charge on any atom is 0.341 e. The van der Waals surface area contributed by atoms with Crippen LogP contribution in [-0.2, 0) is 0 Å². The Balaban J connectivity index is 3.47. The molecule has 0 saturated carbocycles. The molecule has 82 valence electrons. The van der Waals surface area contributed by atoms with Gasteiger partial charge in [-0.25, -0.2) is 9.78 Å². The van der Waals surface area contributed by atoms with Gasteiger partial charge in [0.25, 0.3) is 0 Å². The van der Waals surface area contributed by atoms with Crippen LogP contribution in [-0.4, -0.2) is 23.2 Å². The van der Waals surface area contributed by atoms with Crippen molar-refractivity contribution in [3.05, 3.63) is 22.9 Å². The molecule has 0 aliphatic rings. The molecule has 4 nitrogen and oxygen atoms in total. The molecular formula is C11H15NO3. The summed E-state index contributed by atoms with van der Waals surface area (Å²) in [6.45, 7) is 5.71. The van der Waals surface area contributed by atoms with E-state index in [0.29, 0.717) is 0 Å². The van der Waals surface area contributed by atoms with Crippen LogP contribution in [0.2, 0.25) is 0 Å². The van der Waals surface area contributed by atoms with Crippen LogP contribution in [0.3, 0.4) is 0 Å². The highest BCUT2D eigenvalue weighted by molar-refractivity contribution is 5.92. The van der Waals surface area contributed by atoms with E-state index in [1.54, 1.807) is 6.07 Å². The normalized spacial score (nSPS) is 10.5. The molecule has 0 spiro atoms. The van der Waals surface area contributed by atoms with E-state index >= 15 is 0 Å². The second-order valence-electron chi connectivity index (χ2n) is 3.70. The fourth-order valence-corrected chi connectivity index (χ4v) is 1.49. The van der Waals surface area contributed by atoms with Crippen LogP contribution in [0, 0.1) is 6.92 Å². The standard InChI is InChI=1S/C11H15NO3/c1-6(2)8-5-7(3)12-10(15-4)9(8)11(13)14/h5-6H,1-4H3,(H,13,14). The minimum atomic E-state index is -0.997. The molecule has 1 heterocycles. The van der Waals surface area contributed by atoms with Gasteiger partial charge in [-0.3, -0.25) is 0 Å². The van der Waals surface area contributed by atoms with Crippen LogP contribution in [0.15, 0.2) is 6.07 Å². The maximum absolute atomic E-state index is 11.1. The van der Waals surface area contributed by atoms with E-state index in [4.69, 9.17) is 9.84 Å². The maximum atomic E-state index is 11.1. The van der Waals surface area contributed by atoms with E-state index in [0.717, 1.165) is 11.3 Å². The van der Waals surface area contributed by atoms with E-state index in [9.17, 15) is 4.79 Å². The Morgan fingerprint density at radius 3 is 2.53 bits per heavy atom. The quantitative estimate of drug-likeness (QED) is 0.829. The number of carboxylic acid groups (broad SMARTS) is 1. The van der Waals surface area contributed by atoms with Gasteiger partial charge in [0, 0.05) is 5.69 Å². The van der Waals surface area contributed by atoms with Gasteiger partial charge in [0.15, 0.2) is 0 Å². The number of carbonyl (C=O) groups is 1. The number of aryl methyl sites for hydroxylation is 1. The number of pyridine rings is 1. The summed E-state index contributed by atoms with van der Waals surface area (Å²) in [5.74, 6) is -0.680.